The molecule has 0 saturated heterocycles. The number of halogens is 2. The van der Waals surface area contributed by atoms with Crippen LogP contribution in [0.2, 0.25) is 5.02 Å². The summed E-state index contributed by atoms with van der Waals surface area (Å²) in [4.78, 5) is 0. The minimum Gasteiger partial charge on any atom is -0.389 e. The molecule has 94 valence electrons. The molecular weight excluding hydrogens is 241 g/mol. The van der Waals surface area contributed by atoms with Crippen LogP contribution in [0.5, 0.6) is 0 Å². The first-order valence-electron chi connectivity index (χ1n) is 5.91. The smallest absolute Gasteiger partial charge is 0.141 e. The zero-order valence-electron chi connectivity index (χ0n) is 9.84. The number of hydrogen-bond donors (Lipinski definition) is 2. The summed E-state index contributed by atoms with van der Waals surface area (Å²) in [7, 11) is 0. The Hall–Kier alpha value is -0.640. The fourth-order valence-corrected chi connectivity index (χ4v) is 2.19. The van der Waals surface area contributed by atoms with E-state index in [2.05, 4.69) is 5.32 Å². The van der Waals surface area contributed by atoms with Crippen LogP contribution in [-0.4, -0.2) is 17.3 Å². The Morgan fingerprint density at radius 1 is 1.53 bits per heavy atom. The molecule has 0 spiro atoms. The summed E-state index contributed by atoms with van der Waals surface area (Å²) in [5.41, 5.74) is 0.386. The van der Waals surface area contributed by atoms with Gasteiger partial charge < -0.3 is 10.4 Å². The van der Waals surface area contributed by atoms with Gasteiger partial charge in [0.1, 0.15) is 5.82 Å². The summed E-state index contributed by atoms with van der Waals surface area (Å²) in [6.45, 7) is 2.55. The highest BCUT2D eigenvalue weighted by atomic mass is 35.5. The monoisotopic (exact) mass is 257 g/mol. The molecule has 0 amide bonds. The van der Waals surface area contributed by atoms with E-state index in [9.17, 15) is 9.50 Å². The molecule has 1 aliphatic carbocycles. The molecule has 0 bridgehead atoms. The van der Waals surface area contributed by atoms with Crippen molar-refractivity contribution >= 4 is 11.6 Å². The van der Waals surface area contributed by atoms with Gasteiger partial charge in [0.05, 0.1) is 10.6 Å². The van der Waals surface area contributed by atoms with Crippen LogP contribution < -0.4 is 5.32 Å². The third kappa shape index (κ3) is 2.97. The van der Waals surface area contributed by atoms with Crippen LogP contribution in [0.4, 0.5) is 4.39 Å². The Balaban J connectivity index is 1.94. The summed E-state index contributed by atoms with van der Waals surface area (Å²) >= 11 is 5.73. The van der Waals surface area contributed by atoms with Gasteiger partial charge in [0.2, 0.25) is 0 Å². The van der Waals surface area contributed by atoms with Crippen molar-refractivity contribution in [3.05, 3.63) is 34.6 Å². The van der Waals surface area contributed by atoms with Crippen LogP contribution in [-0.2, 0) is 0 Å². The van der Waals surface area contributed by atoms with Crippen LogP contribution in [0, 0.1) is 5.82 Å². The second-order valence-corrected chi connectivity index (χ2v) is 5.26. The van der Waals surface area contributed by atoms with Crippen LogP contribution in [0.3, 0.4) is 0 Å². The average Bonchev–Trinajstić information content (AvgIpc) is 2.27. The van der Waals surface area contributed by atoms with Crippen LogP contribution in [0.25, 0.3) is 0 Å². The van der Waals surface area contributed by atoms with E-state index in [1.807, 2.05) is 6.92 Å². The highest BCUT2D eigenvalue weighted by Gasteiger charge is 2.34. The zero-order chi connectivity index (χ0) is 12.5. The Labute approximate surface area is 106 Å². The lowest BCUT2D eigenvalue weighted by atomic mass is 9.80. The molecule has 1 unspecified atom stereocenters. The van der Waals surface area contributed by atoms with Gasteiger partial charge in [0.25, 0.3) is 0 Å². The Kier molecular flexibility index (Phi) is 3.71. The predicted molar refractivity (Wildman–Crippen MR) is 66.6 cm³/mol. The number of nitrogens with one attached hydrogen (secondary N) is 1. The summed E-state index contributed by atoms with van der Waals surface area (Å²) in [6, 6.07) is 4.76. The Morgan fingerprint density at radius 3 is 2.76 bits per heavy atom. The number of benzene rings is 1. The molecular formula is C13H17ClFNO. The minimum absolute atomic E-state index is 0.0534. The molecule has 2 rings (SSSR count). The summed E-state index contributed by atoms with van der Waals surface area (Å²) < 4.78 is 13.0. The van der Waals surface area contributed by atoms with Gasteiger partial charge >= 0.3 is 0 Å². The van der Waals surface area contributed by atoms with Gasteiger partial charge in [0, 0.05) is 12.6 Å². The maximum absolute atomic E-state index is 13.0. The van der Waals surface area contributed by atoms with Crippen molar-refractivity contribution in [1.82, 2.24) is 5.32 Å². The molecule has 1 saturated carbocycles. The number of hydrogen-bond acceptors (Lipinski definition) is 2. The maximum Gasteiger partial charge on any atom is 0.141 e. The quantitative estimate of drug-likeness (QED) is 0.869. The molecule has 1 aromatic carbocycles. The average molecular weight is 258 g/mol. The van der Waals surface area contributed by atoms with E-state index < -0.39 is 11.4 Å². The molecule has 1 aliphatic rings. The molecule has 17 heavy (non-hydrogen) atoms. The van der Waals surface area contributed by atoms with Gasteiger partial charge in [-0.3, -0.25) is 0 Å². The third-order valence-electron chi connectivity index (χ3n) is 3.47. The number of aliphatic hydroxyl groups is 1. The van der Waals surface area contributed by atoms with Gasteiger partial charge in [-0.25, -0.2) is 4.39 Å². The van der Waals surface area contributed by atoms with Gasteiger partial charge in [-0.1, -0.05) is 17.7 Å². The fourth-order valence-electron chi connectivity index (χ4n) is 2.00. The largest absolute Gasteiger partial charge is 0.389 e. The SMILES string of the molecule is CC(NCC1(O)CCC1)c1ccc(F)c(Cl)c1. The third-order valence-corrected chi connectivity index (χ3v) is 3.75. The van der Waals surface area contributed by atoms with E-state index in [0.29, 0.717) is 6.54 Å². The minimum atomic E-state index is -0.544. The normalized spacial score (nSPS) is 19.8. The van der Waals surface area contributed by atoms with E-state index >= 15 is 0 Å². The second kappa shape index (κ2) is 4.92. The molecule has 1 aromatic rings. The predicted octanol–water partition coefficient (Wildman–Crippen LogP) is 3.04. The first-order valence-corrected chi connectivity index (χ1v) is 6.29. The Bertz CT molecular complexity index is 406. The molecule has 0 heterocycles. The van der Waals surface area contributed by atoms with Crippen LogP contribution in [0.15, 0.2) is 18.2 Å². The van der Waals surface area contributed by atoms with Gasteiger partial charge in [-0.2, -0.15) is 0 Å². The summed E-state index contributed by atoms with van der Waals surface area (Å²) in [6.07, 6.45) is 2.81. The first-order chi connectivity index (χ1) is 8.00. The van der Waals surface area contributed by atoms with Crippen molar-refractivity contribution in [1.29, 1.82) is 0 Å². The standard InChI is InChI=1S/C13H17ClFNO/c1-9(16-8-13(17)5-2-6-13)10-3-4-12(15)11(14)7-10/h3-4,7,9,16-17H,2,5-6,8H2,1H3. The second-order valence-electron chi connectivity index (χ2n) is 4.85. The van der Waals surface area contributed by atoms with Crippen LogP contribution >= 0.6 is 11.6 Å². The lowest BCUT2D eigenvalue weighted by molar-refractivity contribution is -0.0329. The van der Waals surface area contributed by atoms with E-state index in [1.54, 1.807) is 12.1 Å². The van der Waals surface area contributed by atoms with Crippen molar-refractivity contribution in [2.45, 2.75) is 37.8 Å². The van der Waals surface area contributed by atoms with Gasteiger partial charge in [-0.15, -0.1) is 0 Å². The summed E-state index contributed by atoms with van der Waals surface area (Å²) in [5.74, 6) is -0.403. The molecule has 0 aromatic heterocycles. The van der Waals surface area contributed by atoms with E-state index in [0.717, 1.165) is 24.8 Å². The van der Waals surface area contributed by atoms with Crippen molar-refractivity contribution < 1.29 is 9.50 Å². The van der Waals surface area contributed by atoms with Crippen molar-refractivity contribution in [3.63, 3.8) is 0 Å². The lowest BCUT2D eigenvalue weighted by Crippen LogP contribution is -2.46. The molecule has 1 atom stereocenters. The molecule has 2 N–H and O–H groups in total. The highest BCUT2D eigenvalue weighted by molar-refractivity contribution is 6.30. The van der Waals surface area contributed by atoms with Crippen molar-refractivity contribution in [2.75, 3.05) is 6.54 Å². The van der Waals surface area contributed by atoms with E-state index in [-0.39, 0.29) is 11.1 Å². The van der Waals surface area contributed by atoms with E-state index in [4.69, 9.17) is 11.6 Å². The zero-order valence-corrected chi connectivity index (χ0v) is 10.6. The topological polar surface area (TPSA) is 32.3 Å². The maximum atomic E-state index is 13.0. The van der Waals surface area contributed by atoms with E-state index in [1.165, 1.54) is 6.07 Å². The highest BCUT2D eigenvalue weighted by Crippen LogP contribution is 2.31. The number of rotatable bonds is 4. The van der Waals surface area contributed by atoms with Crippen LogP contribution in [0.1, 0.15) is 37.8 Å². The molecule has 0 radical (unpaired) electrons. The molecule has 2 nitrogen and oxygen atoms in total. The summed E-state index contributed by atoms with van der Waals surface area (Å²) in [5, 5.41) is 13.4. The molecule has 0 aliphatic heterocycles. The van der Waals surface area contributed by atoms with Crippen molar-refractivity contribution in [2.24, 2.45) is 0 Å². The van der Waals surface area contributed by atoms with Gasteiger partial charge in [-0.05, 0) is 43.9 Å². The molecule has 4 heteroatoms. The molecule has 1 fully saturated rings. The Morgan fingerprint density at radius 2 is 2.24 bits per heavy atom. The van der Waals surface area contributed by atoms with Crippen molar-refractivity contribution in [3.8, 4) is 0 Å². The first kappa shape index (κ1) is 12.8. The van der Waals surface area contributed by atoms with Gasteiger partial charge in [0.15, 0.2) is 0 Å². The lowest BCUT2D eigenvalue weighted by Gasteiger charge is -2.37. The fraction of sp³-hybridized carbons (Fsp3) is 0.538.